The lowest BCUT2D eigenvalue weighted by Gasteiger charge is -2.07. The molecule has 1 amide bonds. The number of H-pyrrole nitrogens is 1. The predicted octanol–water partition coefficient (Wildman–Crippen LogP) is 2.34. The van der Waals surface area contributed by atoms with E-state index in [0.29, 0.717) is 24.4 Å². The first-order valence-electron chi connectivity index (χ1n) is 8.64. The first kappa shape index (κ1) is 16.8. The van der Waals surface area contributed by atoms with Crippen LogP contribution in [-0.4, -0.2) is 27.2 Å². The smallest absolute Gasteiger partial charge is 0.267 e. The average molecular weight is 362 g/mol. The van der Waals surface area contributed by atoms with E-state index in [2.05, 4.69) is 15.4 Å². The second kappa shape index (κ2) is 7.33. The number of hydrogen-bond donors (Lipinski definition) is 2. The predicted molar refractivity (Wildman–Crippen MR) is 101 cm³/mol. The van der Waals surface area contributed by atoms with E-state index in [4.69, 9.17) is 4.42 Å². The van der Waals surface area contributed by atoms with Gasteiger partial charge in [-0.3, -0.25) is 9.59 Å². The molecule has 0 aliphatic rings. The molecule has 0 aliphatic heterocycles. The summed E-state index contributed by atoms with van der Waals surface area (Å²) in [6.45, 7) is 0.342. The van der Waals surface area contributed by atoms with Gasteiger partial charge in [-0.05, 0) is 36.2 Å². The Morgan fingerprint density at radius 1 is 1.15 bits per heavy atom. The van der Waals surface area contributed by atoms with Gasteiger partial charge in [-0.25, -0.2) is 4.68 Å². The molecule has 0 saturated heterocycles. The minimum Gasteiger partial charge on any atom is -0.463 e. The van der Waals surface area contributed by atoms with E-state index < -0.39 is 0 Å². The summed E-state index contributed by atoms with van der Waals surface area (Å²) in [5.41, 5.74) is 2.38. The lowest BCUT2D eigenvalue weighted by atomic mass is 10.1. The van der Waals surface area contributed by atoms with Crippen LogP contribution >= 0.6 is 0 Å². The van der Waals surface area contributed by atoms with Crippen LogP contribution in [0, 0.1) is 0 Å². The van der Waals surface area contributed by atoms with Crippen molar-refractivity contribution in [3.05, 3.63) is 76.9 Å². The van der Waals surface area contributed by atoms with E-state index in [1.807, 2.05) is 30.5 Å². The van der Waals surface area contributed by atoms with Gasteiger partial charge in [0, 0.05) is 29.7 Å². The molecule has 3 heterocycles. The van der Waals surface area contributed by atoms with Gasteiger partial charge in [-0.2, -0.15) is 5.10 Å². The summed E-state index contributed by atoms with van der Waals surface area (Å²) < 4.78 is 6.42. The molecule has 0 fully saturated rings. The molecule has 0 atom stereocenters. The molecule has 4 rings (SSSR count). The maximum Gasteiger partial charge on any atom is 0.267 e. The monoisotopic (exact) mass is 362 g/mol. The van der Waals surface area contributed by atoms with Gasteiger partial charge in [0.25, 0.3) is 5.56 Å². The number of para-hydroxylation sites is 1. The summed E-state index contributed by atoms with van der Waals surface area (Å²) in [6.07, 6.45) is 4.18. The van der Waals surface area contributed by atoms with Gasteiger partial charge in [0.2, 0.25) is 5.91 Å². The standard InChI is InChI=1S/C20H18N4O3/c25-19(21-10-9-14-12-22-16-5-2-1-4-15(14)16)13-24-20(26)8-7-17(23-24)18-6-3-11-27-18/h1-8,11-12,22H,9-10,13H2,(H,21,25). The Bertz CT molecular complexity index is 1130. The van der Waals surface area contributed by atoms with Crippen LogP contribution in [0.25, 0.3) is 22.4 Å². The van der Waals surface area contributed by atoms with Crippen molar-refractivity contribution < 1.29 is 9.21 Å². The molecular weight excluding hydrogens is 344 g/mol. The number of carbonyl (C=O) groups excluding carboxylic acids is 1. The van der Waals surface area contributed by atoms with E-state index in [1.54, 1.807) is 18.2 Å². The van der Waals surface area contributed by atoms with Crippen molar-refractivity contribution in [2.24, 2.45) is 0 Å². The Kier molecular flexibility index (Phi) is 4.57. The van der Waals surface area contributed by atoms with Crippen LogP contribution in [0.4, 0.5) is 0 Å². The number of aromatic nitrogens is 3. The molecule has 0 saturated carbocycles. The largest absolute Gasteiger partial charge is 0.463 e. The number of furan rings is 1. The van der Waals surface area contributed by atoms with Crippen LogP contribution in [-0.2, 0) is 17.8 Å². The molecule has 0 aliphatic carbocycles. The third-order valence-electron chi connectivity index (χ3n) is 4.33. The number of carbonyl (C=O) groups is 1. The second-order valence-electron chi connectivity index (χ2n) is 6.15. The minimum atomic E-state index is -0.336. The van der Waals surface area contributed by atoms with Crippen molar-refractivity contribution in [3.8, 4) is 11.5 Å². The van der Waals surface area contributed by atoms with Gasteiger partial charge in [0.05, 0.1) is 6.26 Å². The quantitative estimate of drug-likeness (QED) is 0.551. The Balaban J connectivity index is 1.38. The molecular formula is C20H18N4O3. The highest BCUT2D eigenvalue weighted by Gasteiger charge is 2.10. The highest BCUT2D eigenvalue weighted by Crippen LogP contribution is 2.17. The normalized spacial score (nSPS) is 11.0. The van der Waals surface area contributed by atoms with Crippen molar-refractivity contribution in [2.75, 3.05) is 6.54 Å². The molecule has 7 heteroatoms. The third-order valence-corrected chi connectivity index (χ3v) is 4.33. The van der Waals surface area contributed by atoms with Crippen molar-refractivity contribution in [3.63, 3.8) is 0 Å². The second-order valence-corrected chi connectivity index (χ2v) is 6.15. The topological polar surface area (TPSA) is 92.9 Å². The third kappa shape index (κ3) is 3.67. The van der Waals surface area contributed by atoms with Crippen molar-refractivity contribution in [1.82, 2.24) is 20.1 Å². The van der Waals surface area contributed by atoms with Gasteiger partial charge in [-0.1, -0.05) is 18.2 Å². The Labute approximate surface area is 154 Å². The molecule has 0 unspecified atom stereocenters. The van der Waals surface area contributed by atoms with Crippen LogP contribution < -0.4 is 10.9 Å². The molecule has 2 N–H and O–H groups in total. The molecule has 3 aromatic heterocycles. The van der Waals surface area contributed by atoms with Crippen LogP contribution in [0.1, 0.15) is 5.56 Å². The highest BCUT2D eigenvalue weighted by molar-refractivity contribution is 5.83. The van der Waals surface area contributed by atoms with Gasteiger partial charge in [-0.15, -0.1) is 0 Å². The zero-order valence-electron chi connectivity index (χ0n) is 14.5. The van der Waals surface area contributed by atoms with E-state index in [9.17, 15) is 9.59 Å². The molecule has 0 bridgehead atoms. The number of amides is 1. The first-order valence-corrected chi connectivity index (χ1v) is 8.64. The Hall–Kier alpha value is -3.61. The summed E-state index contributed by atoms with van der Waals surface area (Å²) in [7, 11) is 0. The molecule has 27 heavy (non-hydrogen) atoms. The zero-order valence-corrected chi connectivity index (χ0v) is 14.5. The van der Waals surface area contributed by atoms with Crippen molar-refractivity contribution in [2.45, 2.75) is 13.0 Å². The van der Waals surface area contributed by atoms with E-state index in [-0.39, 0.29) is 18.0 Å². The van der Waals surface area contributed by atoms with Gasteiger partial charge >= 0.3 is 0 Å². The van der Waals surface area contributed by atoms with Crippen LogP contribution in [0.15, 0.2) is 70.2 Å². The van der Waals surface area contributed by atoms with Gasteiger partial charge in [0.1, 0.15) is 12.2 Å². The molecule has 4 aromatic rings. The number of benzene rings is 1. The summed E-state index contributed by atoms with van der Waals surface area (Å²) in [5, 5.41) is 8.19. The van der Waals surface area contributed by atoms with Gasteiger partial charge < -0.3 is 14.7 Å². The number of hydrogen-bond acceptors (Lipinski definition) is 4. The maximum absolute atomic E-state index is 12.2. The average Bonchev–Trinajstić information content (AvgIpc) is 3.34. The molecule has 0 radical (unpaired) electrons. The maximum atomic E-state index is 12.2. The first-order chi connectivity index (χ1) is 13.2. The van der Waals surface area contributed by atoms with Crippen molar-refractivity contribution >= 4 is 16.8 Å². The summed E-state index contributed by atoms with van der Waals surface area (Å²) >= 11 is 0. The molecule has 0 spiro atoms. The fraction of sp³-hybridized carbons (Fsp3) is 0.150. The molecule has 1 aromatic carbocycles. The molecule has 7 nitrogen and oxygen atoms in total. The minimum absolute atomic E-state index is 0.138. The van der Waals surface area contributed by atoms with Crippen molar-refractivity contribution in [1.29, 1.82) is 0 Å². The Morgan fingerprint density at radius 3 is 2.89 bits per heavy atom. The summed E-state index contributed by atoms with van der Waals surface area (Å²) in [6, 6.07) is 14.5. The lowest BCUT2D eigenvalue weighted by molar-refractivity contribution is -0.121. The number of aromatic amines is 1. The van der Waals surface area contributed by atoms with Crippen LogP contribution in [0.2, 0.25) is 0 Å². The fourth-order valence-electron chi connectivity index (χ4n) is 2.98. The number of nitrogens with one attached hydrogen (secondary N) is 2. The molecule has 136 valence electrons. The Morgan fingerprint density at radius 2 is 2.04 bits per heavy atom. The van der Waals surface area contributed by atoms with Gasteiger partial charge in [0.15, 0.2) is 5.76 Å². The number of rotatable bonds is 6. The number of fused-ring (bicyclic) bond motifs is 1. The highest BCUT2D eigenvalue weighted by atomic mass is 16.3. The summed E-state index contributed by atoms with van der Waals surface area (Å²) in [4.78, 5) is 27.4. The van der Waals surface area contributed by atoms with Crippen LogP contribution in [0.3, 0.4) is 0 Å². The zero-order chi connectivity index (χ0) is 18.6. The fourth-order valence-corrected chi connectivity index (χ4v) is 2.98. The van der Waals surface area contributed by atoms with E-state index >= 15 is 0 Å². The number of nitrogens with zero attached hydrogens (tertiary/aromatic N) is 2. The summed E-state index contributed by atoms with van der Waals surface area (Å²) in [5.74, 6) is 0.282. The van der Waals surface area contributed by atoms with Crippen LogP contribution in [0.5, 0.6) is 0 Å². The van der Waals surface area contributed by atoms with E-state index in [0.717, 1.165) is 21.1 Å². The van der Waals surface area contributed by atoms with E-state index in [1.165, 1.54) is 12.3 Å². The lowest BCUT2D eigenvalue weighted by Crippen LogP contribution is -2.34. The SMILES string of the molecule is O=C(Cn1nc(-c2ccco2)ccc1=O)NCCc1c[nH]c2ccccc12.